The summed E-state index contributed by atoms with van der Waals surface area (Å²) in [6.07, 6.45) is 0. The van der Waals surface area contributed by atoms with Gasteiger partial charge in [-0.15, -0.1) is 0 Å². The Kier molecular flexibility index (Phi) is 3.56. The van der Waals surface area contributed by atoms with E-state index in [1.807, 2.05) is 6.07 Å². The van der Waals surface area contributed by atoms with Crippen LogP contribution in [0.4, 0.5) is 17.2 Å². The Bertz CT molecular complexity index is 634. The summed E-state index contributed by atoms with van der Waals surface area (Å²) in [6, 6.07) is 10.4. The number of rotatable bonds is 2. The van der Waals surface area contributed by atoms with Crippen molar-refractivity contribution in [3.8, 4) is 6.07 Å². The molecule has 18 heavy (non-hydrogen) atoms. The predicted octanol–water partition coefficient (Wildman–Crippen LogP) is 3.59. The normalized spacial score (nSPS) is 9.83. The molecule has 0 atom stereocenters. The second kappa shape index (κ2) is 5.13. The standard InChI is InChI=1S/C12H8Cl2N4/c13-7-2-1-3-9(12(7)14)17-11-5-4-8(16)10(6-15)18-11/h1-5H,16H2,(H,17,18). The van der Waals surface area contributed by atoms with Gasteiger partial charge in [-0.1, -0.05) is 29.3 Å². The molecule has 0 aliphatic carbocycles. The zero-order valence-electron chi connectivity index (χ0n) is 9.11. The second-order valence-corrected chi connectivity index (χ2v) is 4.26. The Morgan fingerprint density at radius 1 is 1.22 bits per heavy atom. The lowest BCUT2D eigenvalue weighted by molar-refractivity contribution is 1.26. The van der Waals surface area contributed by atoms with E-state index >= 15 is 0 Å². The minimum absolute atomic E-state index is 0.165. The Morgan fingerprint density at radius 2 is 2.00 bits per heavy atom. The lowest BCUT2D eigenvalue weighted by atomic mass is 10.3. The first-order valence-electron chi connectivity index (χ1n) is 4.99. The number of benzene rings is 1. The lowest BCUT2D eigenvalue weighted by Gasteiger charge is -2.09. The zero-order chi connectivity index (χ0) is 13.1. The van der Waals surface area contributed by atoms with Crippen LogP contribution in [-0.4, -0.2) is 4.98 Å². The molecule has 0 aliphatic heterocycles. The summed E-state index contributed by atoms with van der Waals surface area (Å²) in [5.41, 5.74) is 6.70. The van der Waals surface area contributed by atoms with Crippen molar-refractivity contribution in [2.45, 2.75) is 0 Å². The van der Waals surface area contributed by atoms with Gasteiger partial charge in [0.2, 0.25) is 0 Å². The molecule has 0 fully saturated rings. The van der Waals surface area contributed by atoms with Crippen LogP contribution in [0.2, 0.25) is 10.0 Å². The third-order valence-electron chi connectivity index (χ3n) is 2.25. The topological polar surface area (TPSA) is 74.7 Å². The average molecular weight is 279 g/mol. The van der Waals surface area contributed by atoms with E-state index < -0.39 is 0 Å². The number of nitrogens with zero attached hydrogens (tertiary/aromatic N) is 2. The van der Waals surface area contributed by atoms with Crippen LogP contribution in [0.3, 0.4) is 0 Å². The molecule has 0 spiro atoms. The number of nitriles is 1. The van der Waals surface area contributed by atoms with Crippen molar-refractivity contribution in [2.75, 3.05) is 11.1 Å². The highest BCUT2D eigenvalue weighted by Crippen LogP contribution is 2.31. The molecule has 4 nitrogen and oxygen atoms in total. The molecule has 2 aromatic rings. The molecule has 2 rings (SSSR count). The van der Waals surface area contributed by atoms with Crippen molar-refractivity contribution in [3.05, 3.63) is 46.1 Å². The third-order valence-corrected chi connectivity index (χ3v) is 3.07. The van der Waals surface area contributed by atoms with Gasteiger partial charge in [-0.25, -0.2) is 4.98 Å². The quantitative estimate of drug-likeness (QED) is 0.880. The number of hydrogen-bond acceptors (Lipinski definition) is 4. The largest absolute Gasteiger partial charge is 0.396 e. The molecule has 0 unspecified atom stereocenters. The van der Waals surface area contributed by atoms with Crippen LogP contribution < -0.4 is 11.1 Å². The summed E-state index contributed by atoms with van der Waals surface area (Å²) < 4.78 is 0. The Balaban J connectivity index is 2.35. The molecule has 0 saturated heterocycles. The smallest absolute Gasteiger partial charge is 0.165 e. The number of pyridine rings is 1. The third kappa shape index (κ3) is 2.48. The number of anilines is 3. The highest BCUT2D eigenvalue weighted by atomic mass is 35.5. The van der Waals surface area contributed by atoms with Gasteiger partial charge in [0, 0.05) is 0 Å². The Hall–Kier alpha value is -1.96. The fourth-order valence-corrected chi connectivity index (χ4v) is 1.72. The Morgan fingerprint density at radius 3 is 2.72 bits per heavy atom. The van der Waals surface area contributed by atoms with E-state index in [9.17, 15) is 0 Å². The minimum Gasteiger partial charge on any atom is -0.396 e. The van der Waals surface area contributed by atoms with Crippen molar-refractivity contribution in [2.24, 2.45) is 0 Å². The van der Waals surface area contributed by atoms with Crippen molar-refractivity contribution in [3.63, 3.8) is 0 Å². The number of hydrogen-bond donors (Lipinski definition) is 2. The van der Waals surface area contributed by atoms with Gasteiger partial charge in [0.05, 0.1) is 21.4 Å². The molecule has 0 amide bonds. The summed E-state index contributed by atoms with van der Waals surface area (Å²) in [4.78, 5) is 4.06. The summed E-state index contributed by atoms with van der Waals surface area (Å²) in [7, 11) is 0. The van der Waals surface area contributed by atoms with Gasteiger partial charge in [-0.05, 0) is 24.3 Å². The SMILES string of the molecule is N#Cc1nc(Nc2cccc(Cl)c2Cl)ccc1N. The molecule has 6 heteroatoms. The average Bonchev–Trinajstić information content (AvgIpc) is 2.37. The second-order valence-electron chi connectivity index (χ2n) is 3.47. The first-order valence-corrected chi connectivity index (χ1v) is 5.75. The van der Waals surface area contributed by atoms with Crippen LogP contribution in [0.15, 0.2) is 30.3 Å². The number of nitrogen functional groups attached to an aromatic ring is 1. The summed E-state index contributed by atoms with van der Waals surface area (Å²) in [5, 5.41) is 12.7. The van der Waals surface area contributed by atoms with Gasteiger partial charge in [-0.3, -0.25) is 0 Å². The summed E-state index contributed by atoms with van der Waals surface area (Å²) in [6.45, 7) is 0. The van der Waals surface area contributed by atoms with E-state index in [4.69, 9.17) is 34.2 Å². The van der Waals surface area contributed by atoms with Crippen LogP contribution in [0.25, 0.3) is 0 Å². The van der Waals surface area contributed by atoms with Crippen LogP contribution in [-0.2, 0) is 0 Å². The van der Waals surface area contributed by atoms with E-state index in [-0.39, 0.29) is 5.69 Å². The highest BCUT2D eigenvalue weighted by Gasteiger charge is 2.06. The van der Waals surface area contributed by atoms with Crippen LogP contribution >= 0.6 is 23.2 Å². The van der Waals surface area contributed by atoms with Gasteiger partial charge in [0.15, 0.2) is 5.69 Å². The number of nitrogens with one attached hydrogen (secondary N) is 1. The van der Waals surface area contributed by atoms with Gasteiger partial charge in [0.25, 0.3) is 0 Å². The van der Waals surface area contributed by atoms with Crippen LogP contribution in [0.5, 0.6) is 0 Å². The number of halogens is 2. The van der Waals surface area contributed by atoms with Crippen molar-refractivity contribution >= 4 is 40.4 Å². The molecular formula is C12H8Cl2N4. The van der Waals surface area contributed by atoms with Crippen molar-refractivity contribution in [1.82, 2.24) is 4.98 Å². The molecule has 3 N–H and O–H groups in total. The molecule has 0 radical (unpaired) electrons. The van der Waals surface area contributed by atoms with Gasteiger partial charge in [-0.2, -0.15) is 5.26 Å². The maximum Gasteiger partial charge on any atom is 0.165 e. The summed E-state index contributed by atoms with van der Waals surface area (Å²) in [5.74, 6) is 0.477. The van der Waals surface area contributed by atoms with Crippen LogP contribution in [0, 0.1) is 11.3 Å². The number of nitrogens with two attached hydrogens (primary N) is 1. The first-order chi connectivity index (χ1) is 8.61. The highest BCUT2D eigenvalue weighted by molar-refractivity contribution is 6.43. The van der Waals surface area contributed by atoms with E-state index in [1.165, 1.54) is 0 Å². The van der Waals surface area contributed by atoms with Crippen molar-refractivity contribution < 1.29 is 0 Å². The van der Waals surface area contributed by atoms with Gasteiger partial charge in [0.1, 0.15) is 11.9 Å². The molecule has 1 aromatic heterocycles. The van der Waals surface area contributed by atoms with E-state index in [0.29, 0.717) is 27.2 Å². The van der Waals surface area contributed by atoms with E-state index in [0.717, 1.165) is 0 Å². The van der Waals surface area contributed by atoms with Crippen molar-refractivity contribution in [1.29, 1.82) is 5.26 Å². The van der Waals surface area contributed by atoms with Crippen LogP contribution in [0.1, 0.15) is 5.69 Å². The molecular weight excluding hydrogens is 271 g/mol. The maximum atomic E-state index is 8.84. The molecule has 1 aromatic carbocycles. The molecule has 0 aliphatic rings. The predicted molar refractivity (Wildman–Crippen MR) is 73.1 cm³/mol. The lowest BCUT2D eigenvalue weighted by Crippen LogP contribution is -1.99. The molecule has 0 bridgehead atoms. The number of aromatic nitrogens is 1. The van der Waals surface area contributed by atoms with Gasteiger partial charge < -0.3 is 11.1 Å². The fraction of sp³-hybridized carbons (Fsp3) is 0. The monoisotopic (exact) mass is 278 g/mol. The van der Waals surface area contributed by atoms with E-state index in [1.54, 1.807) is 30.3 Å². The Labute approximate surface area is 114 Å². The molecule has 0 saturated carbocycles. The molecule has 1 heterocycles. The first kappa shape index (κ1) is 12.5. The van der Waals surface area contributed by atoms with Gasteiger partial charge >= 0.3 is 0 Å². The van der Waals surface area contributed by atoms with E-state index in [2.05, 4.69) is 10.3 Å². The maximum absolute atomic E-state index is 8.84. The zero-order valence-corrected chi connectivity index (χ0v) is 10.6. The fourth-order valence-electron chi connectivity index (χ4n) is 1.37. The minimum atomic E-state index is 0.165. The summed E-state index contributed by atoms with van der Waals surface area (Å²) >= 11 is 11.9. The molecule has 90 valence electrons.